The third-order valence-corrected chi connectivity index (χ3v) is 3.03. The van der Waals surface area contributed by atoms with Crippen molar-refractivity contribution in [1.29, 1.82) is 5.26 Å². The molecule has 1 aromatic rings. The normalized spacial score (nSPS) is 11.1. The Hall–Kier alpha value is -0.560. The van der Waals surface area contributed by atoms with Gasteiger partial charge in [-0.2, -0.15) is 5.26 Å². The molecule has 3 nitrogen and oxygen atoms in total. The van der Waals surface area contributed by atoms with Gasteiger partial charge in [0.15, 0.2) is 5.75 Å². The second-order valence-electron chi connectivity index (χ2n) is 2.89. The van der Waals surface area contributed by atoms with E-state index in [1.807, 2.05) is 0 Å². The summed E-state index contributed by atoms with van der Waals surface area (Å²) in [4.78, 5) is 3.93. The first-order valence-electron chi connectivity index (χ1n) is 4.24. The molecular weight excluding hydrogens is 416 g/mol. The van der Waals surface area contributed by atoms with E-state index in [0.717, 1.165) is 0 Å². The van der Waals surface area contributed by atoms with Gasteiger partial charge in [0, 0.05) is 5.33 Å². The SMILES string of the molecule is N#CCc1nc(CBr)cc(I)c1OC(F)(F)F. The Bertz CT molecular complexity index is 459. The third kappa shape index (κ3) is 4.31. The molecule has 0 spiro atoms. The van der Waals surface area contributed by atoms with E-state index in [0.29, 0.717) is 11.0 Å². The Labute approximate surface area is 117 Å². The lowest BCUT2D eigenvalue weighted by Gasteiger charge is -2.14. The van der Waals surface area contributed by atoms with Gasteiger partial charge in [-0.15, -0.1) is 13.2 Å². The predicted molar refractivity (Wildman–Crippen MR) is 65.6 cm³/mol. The van der Waals surface area contributed by atoms with E-state index in [1.54, 1.807) is 28.7 Å². The summed E-state index contributed by atoms with van der Waals surface area (Å²) in [6.07, 6.45) is -5.02. The highest BCUT2D eigenvalue weighted by Gasteiger charge is 2.33. The molecule has 8 heteroatoms. The van der Waals surface area contributed by atoms with Gasteiger partial charge in [0.05, 0.1) is 27.4 Å². The minimum absolute atomic E-state index is 0.00817. The maximum Gasteiger partial charge on any atom is 0.573 e. The molecule has 0 saturated heterocycles. The molecule has 1 heterocycles. The Morgan fingerprint density at radius 2 is 2.18 bits per heavy atom. The van der Waals surface area contributed by atoms with Crippen LogP contribution in [0.3, 0.4) is 0 Å². The number of pyridine rings is 1. The fourth-order valence-corrected chi connectivity index (χ4v) is 2.16. The Kier molecular flexibility index (Phi) is 5.00. The van der Waals surface area contributed by atoms with Crippen LogP contribution in [-0.4, -0.2) is 11.3 Å². The molecule has 0 bridgehead atoms. The number of aromatic nitrogens is 1. The largest absolute Gasteiger partial charge is 0.573 e. The number of hydrogen-bond acceptors (Lipinski definition) is 3. The number of nitriles is 1. The quantitative estimate of drug-likeness (QED) is 0.555. The highest BCUT2D eigenvalue weighted by molar-refractivity contribution is 14.1. The minimum atomic E-state index is -4.79. The van der Waals surface area contributed by atoms with Gasteiger partial charge in [-0.25, -0.2) is 0 Å². The molecule has 0 saturated carbocycles. The maximum absolute atomic E-state index is 12.2. The van der Waals surface area contributed by atoms with E-state index in [2.05, 4.69) is 25.7 Å². The number of rotatable bonds is 3. The van der Waals surface area contributed by atoms with Crippen LogP contribution in [0.4, 0.5) is 13.2 Å². The Morgan fingerprint density at radius 1 is 1.53 bits per heavy atom. The zero-order valence-electron chi connectivity index (χ0n) is 8.18. The second kappa shape index (κ2) is 5.86. The predicted octanol–water partition coefficient (Wildman–Crippen LogP) is 3.55. The van der Waals surface area contributed by atoms with Gasteiger partial charge in [-0.05, 0) is 28.7 Å². The number of halogens is 5. The number of ether oxygens (including phenoxy) is 1. The summed E-state index contributed by atoms with van der Waals surface area (Å²) in [5.74, 6) is -0.399. The van der Waals surface area contributed by atoms with Crippen LogP contribution in [0.2, 0.25) is 0 Å². The third-order valence-electron chi connectivity index (χ3n) is 1.65. The number of hydrogen-bond donors (Lipinski definition) is 0. The van der Waals surface area contributed by atoms with Gasteiger partial charge in [-0.1, -0.05) is 15.9 Å². The van der Waals surface area contributed by atoms with E-state index in [9.17, 15) is 13.2 Å². The van der Waals surface area contributed by atoms with E-state index < -0.39 is 12.1 Å². The lowest BCUT2D eigenvalue weighted by Crippen LogP contribution is -2.19. The van der Waals surface area contributed by atoms with Gasteiger partial charge in [0.1, 0.15) is 0 Å². The summed E-state index contributed by atoms with van der Waals surface area (Å²) < 4.78 is 40.7. The zero-order chi connectivity index (χ0) is 13.1. The van der Waals surface area contributed by atoms with Crippen molar-refractivity contribution in [2.75, 3.05) is 0 Å². The molecule has 0 atom stereocenters. The summed E-state index contributed by atoms with van der Waals surface area (Å²) >= 11 is 4.87. The van der Waals surface area contributed by atoms with Gasteiger partial charge in [0.2, 0.25) is 0 Å². The van der Waals surface area contributed by atoms with Crippen molar-refractivity contribution >= 4 is 38.5 Å². The van der Waals surface area contributed by atoms with Crippen molar-refractivity contribution < 1.29 is 17.9 Å². The first-order chi connectivity index (χ1) is 7.87. The number of nitrogens with zero attached hydrogens (tertiary/aromatic N) is 2. The average Bonchev–Trinajstić information content (AvgIpc) is 2.21. The maximum atomic E-state index is 12.2. The minimum Gasteiger partial charge on any atom is -0.403 e. The summed E-state index contributed by atoms with van der Waals surface area (Å²) in [6, 6.07) is 3.23. The molecule has 92 valence electrons. The standard InChI is InChI=1S/C9H5BrF3IN2O/c10-4-5-3-6(14)8(17-9(11,12)13)7(16-5)1-2-15/h3H,1,4H2. The van der Waals surface area contributed by atoms with Crippen molar-refractivity contribution in [3.63, 3.8) is 0 Å². The van der Waals surface area contributed by atoms with Gasteiger partial charge in [-0.3, -0.25) is 4.98 Å². The monoisotopic (exact) mass is 420 g/mol. The molecule has 0 N–H and O–H groups in total. The van der Waals surface area contributed by atoms with E-state index in [-0.39, 0.29) is 15.7 Å². The topological polar surface area (TPSA) is 45.9 Å². The first kappa shape index (κ1) is 14.5. The van der Waals surface area contributed by atoms with Gasteiger partial charge >= 0.3 is 6.36 Å². The molecule has 0 aliphatic heterocycles. The first-order valence-corrected chi connectivity index (χ1v) is 6.44. The second-order valence-corrected chi connectivity index (χ2v) is 4.61. The molecule has 17 heavy (non-hydrogen) atoms. The summed E-state index contributed by atoms with van der Waals surface area (Å²) in [7, 11) is 0. The van der Waals surface area contributed by atoms with E-state index in [1.165, 1.54) is 6.07 Å². The van der Waals surface area contributed by atoms with Gasteiger partial charge < -0.3 is 4.74 Å². The van der Waals surface area contributed by atoms with Crippen LogP contribution in [0.15, 0.2) is 6.07 Å². The number of alkyl halides is 4. The van der Waals surface area contributed by atoms with Crippen LogP contribution in [0.1, 0.15) is 11.4 Å². The van der Waals surface area contributed by atoms with Crippen molar-refractivity contribution in [3.05, 3.63) is 21.0 Å². The fraction of sp³-hybridized carbons (Fsp3) is 0.333. The zero-order valence-corrected chi connectivity index (χ0v) is 11.9. The summed E-state index contributed by atoms with van der Waals surface area (Å²) in [5.41, 5.74) is 0.542. The smallest absolute Gasteiger partial charge is 0.403 e. The van der Waals surface area contributed by atoms with Crippen LogP contribution in [0.25, 0.3) is 0 Å². The van der Waals surface area contributed by atoms with Crippen LogP contribution >= 0.6 is 38.5 Å². The molecule has 1 aromatic heterocycles. The van der Waals surface area contributed by atoms with Crippen molar-refractivity contribution in [2.45, 2.75) is 18.1 Å². The van der Waals surface area contributed by atoms with E-state index in [4.69, 9.17) is 5.26 Å². The van der Waals surface area contributed by atoms with Gasteiger partial charge in [0.25, 0.3) is 0 Å². The lowest BCUT2D eigenvalue weighted by molar-refractivity contribution is -0.275. The molecular formula is C9H5BrF3IN2O. The van der Waals surface area contributed by atoms with E-state index >= 15 is 0 Å². The molecule has 0 fully saturated rings. The Balaban J connectivity index is 3.22. The molecule has 0 radical (unpaired) electrons. The van der Waals surface area contributed by atoms with Crippen LogP contribution in [0.5, 0.6) is 5.75 Å². The molecule has 0 aliphatic rings. The van der Waals surface area contributed by atoms with Crippen LogP contribution in [0, 0.1) is 14.9 Å². The lowest BCUT2D eigenvalue weighted by atomic mass is 10.2. The Morgan fingerprint density at radius 3 is 2.65 bits per heavy atom. The molecule has 0 amide bonds. The highest BCUT2D eigenvalue weighted by Crippen LogP contribution is 2.31. The highest BCUT2D eigenvalue weighted by atomic mass is 127. The van der Waals surface area contributed by atoms with Crippen molar-refractivity contribution in [1.82, 2.24) is 4.98 Å². The fourth-order valence-electron chi connectivity index (χ4n) is 1.09. The van der Waals surface area contributed by atoms with Crippen molar-refractivity contribution in [2.24, 2.45) is 0 Å². The summed E-state index contributed by atoms with van der Waals surface area (Å²) in [6.45, 7) is 0. The molecule has 0 aliphatic carbocycles. The molecule has 0 unspecified atom stereocenters. The molecule has 1 rings (SSSR count). The van der Waals surface area contributed by atoms with Crippen LogP contribution in [-0.2, 0) is 11.8 Å². The molecule has 0 aromatic carbocycles. The average molecular weight is 421 g/mol. The van der Waals surface area contributed by atoms with Crippen molar-refractivity contribution in [3.8, 4) is 11.8 Å². The van der Waals surface area contributed by atoms with Crippen LogP contribution < -0.4 is 4.74 Å². The summed E-state index contributed by atoms with van der Waals surface area (Å²) in [5, 5.41) is 8.95.